The molecule has 1 aliphatic carbocycles. The van der Waals surface area contributed by atoms with Gasteiger partial charge in [-0.3, -0.25) is 0 Å². The van der Waals surface area contributed by atoms with Crippen molar-refractivity contribution in [2.24, 2.45) is 5.92 Å². The minimum atomic E-state index is 0.794. The smallest absolute Gasteiger partial charge is 0.0210 e. The van der Waals surface area contributed by atoms with Gasteiger partial charge in [-0.05, 0) is 56.3 Å². The van der Waals surface area contributed by atoms with E-state index in [4.69, 9.17) is 0 Å². The quantitative estimate of drug-likeness (QED) is 0.880. The third-order valence-electron chi connectivity index (χ3n) is 3.38. The van der Waals surface area contributed by atoms with E-state index in [1.807, 2.05) is 7.05 Å². The Bertz CT molecular complexity index is 318. The minimum absolute atomic E-state index is 0.794. The molecule has 0 bridgehead atoms. The average Bonchev–Trinajstić information content (AvgIpc) is 2.18. The van der Waals surface area contributed by atoms with E-state index in [2.05, 4.69) is 45.5 Å². The largest absolute Gasteiger partial charge is 0.320 e. The molecule has 0 aliphatic heterocycles. The normalized spacial score (nSPS) is 24.9. The van der Waals surface area contributed by atoms with Crippen molar-refractivity contribution in [1.29, 1.82) is 0 Å². The lowest BCUT2D eigenvalue weighted by Crippen LogP contribution is -2.25. The van der Waals surface area contributed by atoms with Crippen molar-refractivity contribution in [3.63, 3.8) is 0 Å². The molecule has 0 spiro atoms. The van der Waals surface area contributed by atoms with Gasteiger partial charge in [-0.25, -0.2) is 0 Å². The SMILES string of the molecule is CNCCC1CC(c2ccccc2Br)C1. The zero-order valence-electron chi connectivity index (χ0n) is 9.17. The summed E-state index contributed by atoms with van der Waals surface area (Å²) in [5, 5.41) is 3.22. The first-order valence-electron chi connectivity index (χ1n) is 5.70. The van der Waals surface area contributed by atoms with E-state index >= 15 is 0 Å². The van der Waals surface area contributed by atoms with Crippen LogP contribution in [-0.4, -0.2) is 13.6 Å². The number of hydrogen-bond acceptors (Lipinski definition) is 1. The summed E-state index contributed by atoms with van der Waals surface area (Å²) in [7, 11) is 2.03. The molecule has 82 valence electrons. The van der Waals surface area contributed by atoms with Crippen LogP contribution in [0.15, 0.2) is 28.7 Å². The van der Waals surface area contributed by atoms with E-state index in [1.54, 1.807) is 0 Å². The van der Waals surface area contributed by atoms with Gasteiger partial charge in [0.25, 0.3) is 0 Å². The van der Waals surface area contributed by atoms with E-state index in [-0.39, 0.29) is 0 Å². The Morgan fingerprint density at radius 3 is 2.73 bits per heavy atom. The number of hydrogen-bond donors (Lipinski definition) is 1. The summed E-state index contributed by atoms with van der Waals surface area (Å²) < 4.78 is 1.28. The maximum absolute atomic E-state index is 3.63. The van der Waals surface area contributed by atoms with Gasteiger partial charge in [-0.1, -0.05) is 34.1 Å². The lowest BCUT2D eigenvalue weighted by Gasteiger charge is -2.36. The van der Waals surface area contributed by atoms with Crippen LogP contribution in [0.2, 0.25) is 0 Å². The molecule has 0 aromatic heterocycles. The van der Waals surface area contributed by atoms with Gasteiger partial charge < -0.3 is 5.32 Å². The summed E-state index contributed by atoms with van der Waals surface area (Å²) >= 11 is 3.63. The first-order chi connectivity index (χ1) is 7.31. The van der Waals surface area contributed by atoms with Gasteiger partial charge in [0, 0.05) is 4.47 Å². The van der Waals surface area contributed by atoms with Crippen LogP contribution < -0.4 is 5.32 Å². The van der Waals surface area contributed by atoms with Gasteiger partial charge in [-0.2, -0.15) is 0 Å². The average molecular weight is 268 g/mol. The molecule has 1 N–H and O–H groups in total. The van der Waals surface area contributed by atoms with E-state index in [0.29, 0.717) is 0 Å². The molecule has 1 aliphatic rings. The fourth-order valence-electron chi connectivity index (χ4n) is 2.38. The Balaban J connectivity index is 1.87. The molecule has 0 saturated heterocycles. The standard InChI is InChI=1S/C13H18BrN/c1-15-7-6-10-8-11(9-10)12-4-2-3-5-13(12)14/h2-5,10-11,15H,6-9H2,1H3. The summed E-state index contributed by atoms with van der Waals surface area (Å²) in [6.07, 6.45) is 4.06. The van der Waals surface area contributed by atoms with Crippen LogP contribution in [-0.2, 0) is 0 Å². The summed E-state index contributed by atoms with van der Waals surface area (Å²) in [6, 6.07) is 8.63. The molecule has 2 rings (SSSR count). The summed E-state index contributed by atoms with van der Waals surface area (Å²) in [4.78, 5) is 0. The van der Waals surface area contributed by atoms with Crippen molar-refractivity contribution in [3.8, 4) is 0 Å². The number of rotatable bonds is 4. The first-order valence-corrected chi connectivity index (χ1v) is 6.49. The Labute approximate surface area is 100 Å². The molecule has 0 unspecified atom stereocenters. The van der Waals surface area contributed by atoms with Crippen LogP contribution in [0.4, 0.5) is 0 Å². The summed E-state index contributed by atoms with van der Waals surface area (Å²) in [5.41, 5.74) is 1.50. The summed E-state index contributed by atoms with van der Waals surface area (Å²) in [5.74, 6) is 1.73. The molecule has 1 aromatic carbocycles. The van der Waals surface area contributed by atoms with Crippen molar-refractivity contribution in [2.45, 2.75) is 25.2 Å². The Hall–Kier alpha value is -0.340. The molecule has 15 heavy (non-hydrogen) atoms. The molecular formula is C13H18BrN. The highest BCUT2D eigenvalue weighted by Crippen LogP contribution is 2.45. The molecule has 1 aromatic rings. The molecule has 0 radical (unpaired) electrons. The van der Waals surface area contributed by atoms with Gasteiger partial charge in [-0.15, -0.1) is 0 Å². The van der Waals surface area contributed by atoms with E-state index in [9.17, 15) is 0 Å². The first kappa shape index (κ1) is 11.2. The fraction of sp³-hybridized carbons (Fsp3) is 0.538. The molecule has 0 atom stereocenters. The molecule has 0 amide bonds. The van der Waals surface area contributed by atoms with Crippen LogP contribution in [0, 0.1) is 5.92 Å². The molecule has 2 heteroatoms. The van der Waals surface area contributed by atoms with Crippen LogP contribution >= 0.6 is 15.9 Å². The molecular weight excluding hydrogens is 250 g/mol. The van der Waals surface area contributed by atoms with Crippen LogP contribution in [0.3, 0.4) is 0 Å². The zero-order valence-corrected chi connectivity index (χ0v) is 10.8. The molecule has 0 heterocycles. The topological polar surface area (TPSA) is 12.0 Å². The third kappa shape index (κ3) is 2.61. The number of benzene rings is 1. The van der Waals surface area contributed by atoms with Crippen molar-refractivity contribution in [2.75, 3.05) is 13.6 Å². The van der Waals surface area contributed by atoms with Crippen LogP contribution in [0.1, 0.15) is 30.7 Å². The van der Waals surface area contributed by atoms with Crippen molar-refractivity contribution in [3.05, 3.63) is 34.3 Å². The monoisotopic (exact) mass is 267 g/mol. The van der Waals surface area contributed by atoms with Crippen molar-refractivity contribution in [1.82, 2.24) is 5.32 Å². The fourth-order valence-corrected chi connectivity index (χ4v) is 2.99. The minimum Gasteiger partial charge on any atom is -0.320 e. The highest BCUT2D eigenvalue weighted by atomic mass is 79.9. The molecule has 1 fully saturated rings. The molecule has 1 nitrogen and oxygen atoms in total. The van der Waals surface area contributed by atoms with Crippen LogP contribution in [0.5, 0.6) is 0 Å². The predicted octanol–water partition coefficient (Wildman–Crippen LogP) is 3.55. The van der Waals surface area contributed by atoms with Crippen LogP contribution in [0.25, 0.3) is 0 Å². The Kier molecular flexibility index (Phi) is 3.81. The maximum Gasteiger partial charge on any atom is 0.0210 e. The third-order valence-corrected chi connectivity index (χ3v) is 4.11. The second kappa shape index (κ2) is 5.13. The predicted molar refractivity (Wildman–Crippen MR) is 68.2 cm³/mol. The Morgan fingerprint density at radius 2 is 2.07 bits per heavy atom. The van der Waals surface area contributed by atoms with Gasteiger partial charge in [0.15, 0.2) is 0 Å². The summed E-state index contributed by atoms with van der Waals surface area (Å²) in [6.45, 7) is 1.16. The van der Waals surface area contributed by atoms with Gasteiger partial charge in [0.1, 0.15) is 0 Å². The number of nitrogens with one attached hydrogen (secondary N) is 1. The second-order valence-corrected chi connectivity index (χ2v) is 5.30. The maximum atomic E-state index is 3.63. The van der Waals surface area contributed by atoms with E-state index in [1.165, 1.54) is 29.3 Å². The van der Waals surface area contributed by atoms with E-state index < -0.39 is 0 Å². The number of halogens is 1. The lowest BCUT2D eigenvalue weighted by molar-refractivity contribution is 0.247. The van der Waals surface area contributed by atoms with E-state index in [0.717, 1.165) is 18.4 Å². The second-order valence-electron chi connectivity index (χ2n) is 4.45. The molecule has 1 saturated carbocycles. The van der Waals surface area contributed by atoms with Gasteiger partial charge in [0.05, 0.1) is 0 Å². The highest BCUT2D eigenvalue weighted by Gasteiger charge is 2.30. The van der Waals surface area contributed by atoms with Crippen molar-refractivity contribution < 1.29 is 0 Å². The zero-order chi connectivity index (χ0) is 10.7. The Morgan fingerprint density at radius 1 is 1.33 bits per heavy atom. The van der Waals surface area contributed by atoms with Gasteiger partial charge in [0.2, 0.25) is 0 Å². The van der Waals surface area contributed by atoms with Crippen molar-refractivity contribution >= 4 is 15.9 Å². The lowest BCUT2D eigenvalue weighted by atomic mass is 9.70. The highest BCUT2D eigenvalue weighted by molar-refractivity contribution is 9.10. The van der Waals surface area contributed by atoms with Gasteiger partial charge >= 0.3 is 0 Å².